The van der Waals surface area contributed by atoms with Crippen LogP contribution in [0.5, 0.6) is 0 Å². The van der Waals surface area contributed by atoms with Crippen LogP contribution in [0.3, 0.4) is 0 Å². The summed E-state index contributed by atoms with van der Waals surface area (Å²) in [7, 11) is 0. The van der Waals surface area contributed by atoms with Crippen molar-refractivity contribution in [2.24, 2.45) is 5.92 Å². The number of nitro groups is 1. The highest BCUT2D eigenvalue weighted by molar-refractivity contribution is 7.13. The van der Waals surface area contributed by atoms with Crippen molar-refractivity contribution < 1.29 is 4.92 Å². The summed E-state index contributed by atoms with van der Waals surface area (Å²) in [5.41, 5.74) is 1.01. The van der Waals surface area contributed by atoms with Crippen molar-refractivity contribution in [3.63, 3.8) is 0 Å². The zero-order valence-electron chi connectivity index (χ0n) is 11.1. The summed E-state index contributed by atoms with van der Waals surface area (Å²) in [6.45, 7) is 6.16. The molecule has 0 aliphatic rings. The lowest BCUT2D eigenvalue weighted by Gasteiger charge is -2.14. The van der Waals surface area contributed by atoms with E-state index in [1.54, 1.807) is 6.07 Å². The number of thiophene rings is 1. The molecular weight excluding hydrogens is 248 g/mol. The largest absolute Gasteiger partial charge is 0.324 e. The van der Waals surface area contributed by atoms with Gasteiger partial charge >= 0.3 is 5.00 Å². The molecule has 0 aliphatic heterocycles. The van der Waals surface area contributed by atoms with Gasteiger partial charge in [0.2, 0.25) is 0 Å². The molecule has 1 atom stereocenters. The molecule has 0 aliphatic carbocycles. The van der Waals surface area contributed by atoms with E-state index < -0.39 is 0 Å². The molecule has 5 heteroatoms. The first-order valence-electron chi connectivity index (χ1n) is 6.59. The van der Waals surface area contributed by atoms with Gasteiger partial charge < -0.3 is 5.32 Å². The Balaban J connectivity index is 2.28. The van der Waals surface area contributed by atoms with Crippen molar-refractivity contribution in [2.75, 3.05) is 6.54 Å². The standard InChI is InChI=1S/C13H22N2O2S/c1-3-5-6-11(4-2)8-14-9-12-7-13(15(16)17)18-10-12/h7,10-11,14H,3-6,8-9H2,1-2H3. The molecule has 1 rings (SSSR count). The van der Waals surface area contributed by atoms with Crippen molar-refractivity contribution >= 4 is 16.3 Å². The van der Waals surface area contributed by atoms with Crippen molar-refractivity contribution in [2.45, 2.75) is 46.1 Å². The molecule has 0 bridgehead atoms. The van der Waals surface area contributed by atoms with Gasteiger partial charge in [0.1, 0.15) is 0 Å². The fourth-order valence-corrected chi connectivity index (χ4v) is 2.64. The lowest BCUT2D eigenvalue weighted by atomic mass is 9.99. The van der Waals surface area contributed by atoms with Gasteiger partial charge in [-0.1, -0.05) is 44.4 Å². The molecule has 1 aromatic heterocycles. The average molecular weight is 270 g/mol. The predicted molar refractivity (Wildman–Crippen MR) is 76.0 cm³/mol. The highest BCUT2D eigenvalue weighted by Crippen LogP contribution is 2.22. The van der Waals surface area contributed by atoms with E-state index in [0.717, 1.165) is 24.6 Å². The zero-order valence-corrected chi connectivity index (χ0v) is 12.0. The molecule has 1 aromatic rings. The molecule has 0 fully saturated rings. The molecule has 0 spiro atoms. The van der Waals surface area contributed by atoms with Gasteiger partial charge in [-0.2, -0.15) is 0 Å². The fraction of sp³-hybridized carbons (Fsp3) is 0.692. The minimum Gasteiger partial charge on any atom is -0.312 e. The summed E-state index contributed by atoms with van der Waals surface area (Å²) in [6.07, 6.45) is 4.98. The van der Waals surface area contributed by atoms with E-state index in [1.807, 2.05) is 5.38 Å². The number of nitrogens with one attached hydrogen (secondary N) is 1. The van der Waals surface area contributed by atoms with Gasteiger partial charge in [-0.05, 0) is 24.4 Å². The van der Waals surface area contributed by atoms with Gasteiger partial charge in [0.05, 0.1) is 4.92 Å². The van der Waals surface area contributed by atoms with Crippen LogP contribution < -0.4 is 5.32 Å². The zero-order chi connectivity index (χ0) is 13.4. The van der Waals surface area contributed by atoms with Crippen molar-refractivity contribution in [3.05, 3.63) is 27.1 Å². The van der Waals surface area contributed by atoms with Gasteiger partial charge in [-0.3, -0.25) is 10.1 Å². The first kappa shape index (κ1) is 15.1. The molecule has 18 heavy (non-hydrogen) atoms. The first-order chi connectivity index (χ1) is 8.67. The minimum atomic E-state index is -0.329. The number of rotatable bonds is 9. The number of unbranched alkanes of at least 4 members (excludes halogenated alkanes) is 1. The van der Waals surface area contributed by atoms with Crippen LogP contribution in [0.25, 0.3) is 0 Å². The van der Waals surface area contributed by atoms with E-state index in [9.17, 15) is 10.1 Å². The Morgan fingerprint density at radius 1 is 1.50 bits per heavy atom. The molecule has 0 aromatic carbocycles. The summed E-state index contributed by atoms with van der Waals surface area (Å²) in [4.78, 5) is 10.2. The van der Waals surface area contributed by atoms with Crippen LogP contribution in [0.1, 0.15) is 45.1 Å². The Bertz CT molecular complexity index is 366. The van der Waals surface area contributed by atoms with Gasteiger partial charge in [0.15, 0.2) is 0 Å². The molecule has 0 amide bonds. The maximum atomic E-state index is 10.6. The second kappa shape index (κ2) is 8.21. The van der Waals surface area contributed by atoms with E-state index >= 15 is 0 Å². The quantitative estimate of drug-likeness (QED) is 0.546. The molecule has 4 nitrogen and oxygen atoms in total. The lowest BCUT2D eigenvalue weighted by Crippen LogP contribution is -2.21. The Morgan fingerprint density at radius 2 is 2.28 bits per heavy atom. The molecule has 1 N–H and O–H groups in total. The third kappa shape index (κ3) is 5.14. The summed E-state index contributed by atoms with van der Waals surface area (Å²) in [5.74, 6) is 0.721. The van der Waals surface area contributed by atoms with E-state index in [2.05, 4.69) is 19.2 Å². The second-order valence-electron chi connectivity index (χ2n) is 4.60. The Hall–Kier alpha value is -0.940. The van der Waals surface area contributed by atoms with Crippen molar-refractivity contribution in [3.8, 4) is 0 Å². The van der Waals surface area contributed by atoms with Gasteiger partial charge in [0.25, 0.3) is 0 Å². The highest BCUT2D eigenvalue weighted by atomic mass is 32.1. The van der Waals surface area contributed by atoms with Crippen LogP contribution in [-0.2, 0) is 6.54 Å². The Morgan fingerprint density at radius 3 is 2.83 bits per heavy atom. The lowest BCUT2D eigenvalue weighted by molar-refractivity contribution is -0.380. The number of hydrogen-bond acceptors (Lipinski definition) is 4. The minimum absolute atomic E-state index is 0.227. The molecule has 102 valence electrons. The van der Waals surface area contributed by atoms with Gasteiger partial charge in [0, 0.05) is 18.0 Å². The molecular formula is C13H22N2O2S. The predicted octanol–water partition coefficient (Wildman–Crippen LogP) is 3.96. The third-order valence-electron chi connectivity index (χ3n) is 3.13. The van der Waals surface area contributed by atoms with Crippen LogP contribution in [0.15, 0.2) is 11.4 Å². The normalized spacial score (nSPS) is 12.6. The van der Waals surface area contributed by atoms with Crippen molar-refractivity contribution in [1.82, 2.24) is 5.32 Å². The van der Waals surface area contributed by atoms with E-state index in [1.165, 1.54) is 37.0 Å². The summed E-state index contributed by atoms with van der Waals surface area (Å²) in [6, 6.07) is 1.66. The molecule has 1 heterocycles. The van der Waals surface area contributed by atoms with Crippen LogP contribution in [0.4, 0.5) is 5.00 Å². The van der Waals surface area contributed by atoms with Crippen molar-refractivity contribution in [1.29, 1.82) is 0 Å². The van der Waals surface area contributed by atoms with Crippen LogP contribution in [0, 0.1) is 16.0 Å². The second-order valence-corrected chi connectivity index (χ2v) is 5.49. The van der Waals surface area contributed by atoms with E-state index in [-0.39, 0.29) is 9.92 Å². The van der Waals surface area contributed by atoms with E-state index in [0.29, 0.717) is 0 Å². The van der Waals surface area contributed by atoms with E-state index in [4.69, 9.17) is 0 Å². The fourth-order valence-electron chi connectivity index (χ4n) is 1.92. The summed E-state index contributed by atoms with van der Waals surface area (Å²) < 4.78 is 0. The average Bonchev–Trinajstić information content (AvgIpc) is 2.82. The van der Waals surface area contributed by atoms with Crippen LogP contribution in [0.2, 0.25) is 0 Å². The summed E-state index contributed by atoms with van der Waals surface area (Å²) in [5, 5.41) is 16.0. The molecule has 0 saturated heterocycles. The monoisotopic (exact) mass is 270 g/mol. The number of nitrogens with zero attached hydrogens (tertiary/aromatic N) is 1. The maximum absolute atomic E-state index is 10.6. The SMILES string of the molecule is CCCCC(CC)CNCc1csc([N+](=O)[O-])c1. The Labute approximate surface area is 113 Å². The molecule has 0 saturated carbocycles. The van der Waals surface area contributed by atoms with Gasteiger partial charge in [-0.15, -0.1) is 0 Å². The van der Waals surface area contributed by atoms with Crippen LogP contribution in [-0.4, -0.2) is 11.5 Å². The number of hydrogen-bond donors (Lipinski definition) is 1. The Kier molecular flexibility index (Phi) is 6.90. The summed E-state index contributed by atoms with van der Waals surface area (Å²) >= 11 is 1.20. The smallest absolute Gasteiger partial charge is 0.312 e. The van der Waals surface area contributed by atoms with Crippen LogP contribution >= 0.6 is 11.3 Å². The topological polar surface area (TPSA) is 55.2 Å². The van der Waals surface area contributed by atoms with Gasteiger partial charge in [-0.25, -0.2) is 0 Å². The molecule has 1 unspecified atom stereocenters. The maximum Gasteiger partial charge on any atom is 0.324 e. The highest BCUT2D eigenvalue weighted by Gasteiger charge is 2.10. The first-order valence-corrected chi connectivity index (χ1v) is 7.47. The molecule has 0 radical (unpaired) electrons. The third-order valence-corrected chi connectivity index (χ3v) is 4.05.